The van der Waals surface area contributed by atoms with Gasteiger partial charge in [-0.15, -0.1) is 11.3 Å². The van der Waals surface area contributed by atoms with Gasteiger partial charge in [-0.05, 0) is 31.5 Å². The molecule has 4 heteroatoms. The van der Waals surface area contributed by atoms with E-state index in [1.807, 2.05) is 25.7 Å². The first-order valence-electron chi connectivity index (χ1n) is 5.41. The van der Waals surface area contributed by atoms with Crippen molar-refractivity contribution in [2.75, 3.05) is 7.05 Å². The lowest BCUT2D eigenvalue weighted by atomic mass is 10.1. The van der Waals surface area contributed by atoms with Crippen LogP contribution in [0.15, 0.2) is 23.6 Å². The van der Waals surface area contributed by atoms with Gasteiger partial charge >= 0.3 is 0 Å². The van der Waals surface area contributed by atoms with Crippen LogP contribution in [0.3, 0.4) is 0 Å². The summed E-state index contributed by atoms with van der Waals surface area (Å²) in [5.74, 6) is 0. The predicted molar refractivity (Wildman–Crippen MR) is 67.8 cm³/mol. The van der Waals surface area contributed by atoms with Gasteiger partial charge in [0.1, 0.15) is 0 Å². The Morgan fingerprint density at radius 2 is 2.38 bits per heavy atom. The summed E-state index contributed by atoms with van der Waals surface area (Å²) in [4.78, 5) is 1.40. The Kier molecular flexibility index (Phi) is 3.41. The average molecular weight is 235 g/mol. The van der Waals surface area contributed by atoms with Crippen molar-refractivity contribution in [3.05, 3.63) is 39.8 Å². The summed E-state index contributed by atoms with van der Waals surface area (Å²) in [6.07, 6.45) is 1.02. The lowest BCUT2D eigenvalue weighted by molar-refractivity contribution is 0.540. The molecule has 86 valence electrons. The summed E-state index contributed by atoms with van der Waals surface area (Å²) < 4.78 is 1.96. The molecule has 0 saturated carbocycles. The van der Waals surface area contributed by atoms with Crippen LogP contribution in [0.25, 0.3) is 0 Å². The fourth-order valence-corrected chi connectivity index (χ4v) is 2.69. The first-order chi connectivity index (χ1) is 7.70. The van der Waals surface area contributed by atoms with Gasteiger partial charge in [0.2, 0.25) is 0 Å². The maximum Gasteiger partial charge on any atom is 0.0597 e. The molecule has 0 spiro atoms. The van der Waals surface area contributed by atoms with Gasteiger partial charge in [-0.1, -0.05) is 6.07 Å². The monoisotopic (exact) mass is 235 g/mol. The molecule has 16 heavy (non-hydrogen) atoms. The van der Waals surface area contributed by atoms with Gasteiger partial charge in [0.25, 0.3) is 0 Å². The Balaban J connectivity index is 2.19. The van der Waals surface area contributed by atoms with Crippen molar-refractivity contribution in [1.29, 1.82) is 0 Å². The van der Waals surface area contributed by atoms with Gasteiger partial charge in [0, 0.05) is 18.3 Å². The van der Waals surface area contributed by atoms with Crippen LogP contribution in [0.1, 0.15) is 22.3 Å². The second kappa shape index (κ2) is 4.80. The van der Waals surface area contributed by atoms with Crippen LogP contribution in [-0.4, -0.2) is 16.8 Å². The molecule has 2 aromatic heterocycles. The number of rotatable bonds is 4. The molecule has 1 N–H and O–H groups in total. The first kappa shape index (κ1) is 11.4. The molecule has 3 nitrogen and oxygen atoms in total. The van der Waals surface area contributed by atoms with E-state index in [2.05, 4.69) is 34.0 Å². The van der Waals surface area contributed by atoms with Crippen LogP contribution in [0.5, 0.6) is 0 Å². The van der Waals surface area contributed by atoms with Crippen molar-refractivity contribution < 1.29 is 0 Å². The summed E-state index contributed by atoms with van der Waals surface area (Å²) in [6.45, 7) is 2.03. The quantitative estimate of drug-likeness (QED) is 0.881. The average Bonchev–Trinajstić information content (AvgIpc) is 2.85. The lowest BCUT2D eigenvalue weighted by Gasteiger charge is -2.15. The topological polar surface area (TPSA) is 29.9 Å². The van der Waals surface area contributed by atoms with Crippen molar-refractivity contribution in [3.63, 3.8) is 0 Å². The maximum atomic E-state index is 4.39. The highest BCUT2D eigenvalue weighted by molar-refractivity contribution is 7.09. The Labute approximate surface area is 100 Å². The highest BCUT2D eigenvalue weighted by atomic mass is 32.1. The molecule has 1 unspecified atom stereocenters. The zero-order valence-corrected chi connectivity index (χ0v) is 10.7. The molecule has 0 saturated heterocycles. The van der Waals surface area contributed by atoms with Crippen LogP contribution < -0.4 is 5.32 Å². The minimum atomic E-state index is 0.338. The molecule has 0 radical (unpaired) electrons. The van der Waals surface area contributed by atoms with Crippen molar-refractivity contribution in [3.8, 4) is 0 Å². The van der Waals surface area contributed by atoms with Gasteiger partial charge in [0.05, 0.1) is 17.4 Å². The number of aromatic nitrogens is 2. The fraction of sp³-hybridized carbons (Fsp3) is 0.417. The molecular weight excluding hydrogens is 218 g/mol. The standard InChI is InChI=1S/C12H17N3S/c1-9-7-12(15(3)14-9)11(13-2)8-10-5-4-6-16-10/h4-7,11,13H,8H2,1-3H3. The predicted octanol–water partition coefficient (Wildman–Crippen LogP) is 2.29. The van der Waals surface area contributed by atoms with Gasteiger partial charge in [-0.2, -0.15) is 5.10 Å². The summed E-state index contributed by atoms with van der Waals surface area (Å²) in [5, 5.41) is 9.87. The summed E-state index contributed by atoms with van der Waals surface area (Å²) in [5.41, 5.74) is 2.32. The molecule has 0 fully saturated rings. The molecule has 2 heterocycles. The Morgan fingerprint density at radius 1 is 1.56 bits per heavy atom. The Bertz CT molecular complexity index is 445. The molecule has 0 aliphatic heterocycles. The van der Waals surface area contributed by atoms with Gasteiger partial charge in [-0.25, -0.2) is 0 Å². The summed E-state index contributed by atoms with van der Waals surface area (Å²) in [6, 6.07) is 6.76. The van der Waals surface area contributed by atoms with E-state index in [1.54, 1.807) is 11.3 Å². The fourth-order valence-electron chi connectivity index (χ4n) is 1.94. The largest absolute Gasteiger partial charge is 0.311 e. The van der Waals surface area contributed by atoms with Crippen molar-refractivity contribution in [2.24, 2.45) is 7.05 Å². The van der Waals surface area contributed by atoms with E-state index < -0.39 is 0 Å². The first-order valence-corrected chi connectivity index (χ1v) is 6.29. The van der Waals surface area contributed by atoms with E-state index >= 15 is 0 Å². The lowest BCUT2D eigenvalue weighted by Crippen LogP contribution is -2.21. The Morgan fingerprint density at radius 3 is 2.88 bits per heavy atom. The normalized spacial score (nSPS) is 12.9. The number of aryl methyl sites for hydroxylation is 2. The SMILES string of the molecule is CNC(Cc1cccs1)c1cc(C)nn1C. The molecule has 0 bridgehead atoms. The number of nitrogens with zero attached hydrogens (tertiary/aromatic N) is 2. The van der Waals surface area contributed by atoms with Crippen LogP contribution in [-0.2, 0) is 13.5 Å². The van der Waals surface area contributed by atoms with Gasteiger partial charge in [-0.3, -0.25) is 4.68 Å². The van der Waals surface area contributed by atoms with E-state index in [4.69, 9.17) is 0 Å². The van der Waals surface area contributed by atoms with Crippen molar-refractivity contribution >= 4 is 11.3 Å². The number of hydrogen-bond donors (Lipinski definition) is 1. The van der Waals surface area contributed by atoms with E-state index in [-0.39, 0.29) is 0 Å². The third-order valence-electron chi connectivity index (χ3n) is 2.73. The molecule has 0 aromatic carbocycles. The minimum Gasteiger partial charge on any atom is -0.311 e. The molecule has 2 aromatic rings. The smallest absolute Gasteiger partial charge is 0.0597 e. The Hall–Kier alpha value is -1.13. The molecule has 0 amide bonds. The maximum absolute atomic E-state index is 4.39. The zero-order chi connectivity index (χ0) is 11.5. The van der Waals surface area contributed by atoms with Gasteiger partial charge in [0.15, 0.2) is 0 Å². The number of nitrogens with one attached hydrogen (secondary N) is 1. The van der Waals surface area contributed by atoms with E-state index in [0.717, 1.165) is 12.1 Å². The molecule has 2 rings (SSSR count). The van der Waals surface area contributed by atoms with Crippen LogP contribution in [0, 0.1) is 6.92 Å². The van der Waals surface area contributed by atoms with Crippen LogP contribution in [0.2, 0.25) is 0 Å². The minimum absolute atomic E-state index is 0.338. The molecular formula is C12H17N3S. The number of hydrogen-bond acceptors (Lipinski definition) is 3. The van der Waals surface area contributed by atoms with Crippen molar-refractivity contribution in [2.45, 2.75) is 19.4 Å². The van der Waals surface area contributed by atoms with Crippen LogP contribution >= 0.6 is 11.3 Å². The van der Waals surface area contributed by atoms with Gasteiger partial charge < -0.3 is 5.32 Å². The third kappa shape index (κ3) is 2.33. The molecule has 1 atom stereocenters. The van der Waals surface area contributed by atoms with E-state index in [1.165, 1.54) is 10.6 Å². The third-order valence-corrected chi connectivity index (χ3v) is 3.63. The van der Waals surface area contributed by atoms with E-state index in [0.29, 0.717) is 6.04 Å². The number of thiophene rings is 1. The summed E-state index contributed by atoms with van der Waals surface area (Å²) >= 11 is 1.80. The van der Waals surface area contributed by atoms with Crippen molar-refractivity contribution in [1.82, 2.24) is 15.1 Å². The van der Waals surface area contributed by atoms with Crippen LogP contribution in [0.4, 0.5) is 0 Å². The second-order valence-corrected chi connectivity index (χ2v) is 4.99. The summed E-state index contributed by atoms with van der Waals surface area (Å²) in [7, 11) is 4.00. The zero-order valence-electron chi connectivity index (χ0n) is 9.90. The van der Waals surface area contributed by atoms with E-state index in [9.17, 15) is 0 Å². The highest BCUT2D eigenvalue weighted by Crippen LogP contribution is 2.21. The number of likely N-dealkylation sites (N-methyl/N-ethyl adjacent to an activating group) is 1. The second-order valence-electron chi connectivity index (χ2n) is 3.96. The molecule has 0 aliphatic carbocycles. The molecule has 0 aliphatic rings. The highest BCUT2D eigenvalue weighted by Gasteiger charge is 2.15.